The maximum atomic E-state index is 12.7. The molecule has 800 valence electrons. The van der Waals surface area contributed by atoms with E-state index in [0.29, 0.717) is 153 Å². The minimum Gasteiger partial charge on any atom is -0.478 e. The number of rotatable bonds is 80. The predicted octanol–water partition coefficient (Wildman–Crippen LogP) is 1.77. The second-order valence-corrected chi connectivity index (χ2v) is 50.7. The molecule has 0 unspecified atom stereocenters. The number of unbranched alkanes of at least 4 members (excludes halogenated alkanes) is 8. The first-order valence-electron chi connectivity index (χ1n) is 47.8. The maximum Gasteiger partial charge on any atom is 0.346 e. The molecule has 49 heteroatoms. The Bertz CT molecular complexity index is 2970. The van der Waals surface area contributed by atoms with Crippen molar-refractivity contribution in [1.82, 2.24) is 21.3 Å². The molecule has 0 bridgehead atoms. The van der Waals surface area contributed by atoms with E-state index >= 15 is 0 Å². The third-order valence-electron chi connectivity index (χ3n) is 24.1. The van der Waals surface area contributed by atoms with Crippen molar-refractivity contribution < 1.29 is 178 Å². The third kappa shape index (κ3) is 45.6. The van der Waals surface area contributed by atoms with Crippen LogP contribution in [0.2, 0.25) is 24.2 Å². The molecule has 0 radical (unpaired) electrons. The quantitative estimate of drug-likeness (QED) is 0.0305. The van der Waals surface area contributed by atoms with E-state index in [1.54, 1.807) is 0 Å². The van der Waals surface area contributed by atoms with Crippen LogP contribution in [0, 0.1) is 0 Å². The van der Waals surface area contributed by atoms with Gasteiger partial charge in [-0.25, -0.2) is 19.2 Å². The van der Waals surface area contributed by atoms with Crippen LogP contribution in [0.15, 0.2) is 0 Å². The summed E-state index contributed by atoms with van der Waals surface area (Å²) in [6.07, 6.45) is -11.9. The number of hydrogen-bond donors (Lipinski definition) is 24. The number of carboxylic acids is 4. The molecule has 0 aromatic heterocycles. The fourth-order valence-corrected chi connectivity index (χ4v) is 31.6. The number of carbonyl (C=O) groups excluding carboxylic acids is 4. The lowest BCUT2D eigenvalue weighted by atomic mass is 9.90. The first-order valence-corrected chi connectivity index (χ1v) is 59.2. The van der Waals surface area contributed by atoms with Gasteiger partial charge in [0.25, 0.3) is 0 Å². The molecule has 4 saturated heterocycles. The largest absolute Gasteiger partial charge is 0.478 e. The molecule has 4 aliphatic rings. The zero-order valence-corrected chi connectivity index (χ0v) is 87.1. The van der Waals surface area contributed by atoms with E-state index in [4.69, 9.17) is 37.9 Å². The minimum absolute atomic E-state index is 0.322. The van der Waals surface area contributed by atoms with Crippen LogP contribution in [0.5, 0.6) is 0 Å². The Balaban J connectivity index is 1.35. The van der Waals surface area contributed by atoms with Crippen LogP contribution in [0.4, 0.5) is 0 Å². The fraction of sp³-hybridized carbons (Fsp3) is 0.909. The van der Waals surface area contributed by atoms with Gasteiger partial charge in [-0.15, -0.1) is 47.0 Å². The Kier molecular flexibility index (Phi) is 64.8. The van der Waals surface area contributed by atoms with E-state index in [2.05, 4.69) is 21.3 Å². The summed E-state index contributed by atoms with van der Waals surface area (Å²) in [5.74, 6) is 1.14. The van der Waals surface area contributed by atoms with Gasteiger partial charge in [0.05, 0.1) is 83.1 Å². The number of nitrogens with one attached hydrogen (secondary N) is 4. The molecule has 0 saturated carbocycles. The smallest absolute Gasteiger partial charge is 0.346 e. The first-order chi connectivity index (χ1) is 65.3. The van der Waals surface area contributed by atoms with Crippen LogP contribution in [0.1, 0.15) is 182 Å². The van der Waals surface area contributed by atoms with Crippen molar-refractivity contribution in [3.05, 3.63) is 0 Å². The molecule has 137 heavy (non-hydrogen) atoms. The van der Waals surface area contributed by atoms with E-state index in [1.807, 2.05) is 47.0 Å². The van der Waals surface area contributed by atoms with Crippen molar-refractivity contribution in [2.75, 3.05) is 148 Å². The molecule has 24 atom stereocenters. The van der Waals surface area contributed by atoms with Crippen LogP contribution in [0.25, 0.3) is 0 Å². The van der Waals surface area contributed by atoms with Crippen molar-refractivity contribution >= 4 is 150 Å². The van der Waals surface area contributed by atoms with Gasteiger partial charge >= 0.3 is 23.9 Å². The average molecular weight is 2130 g/mol. The molecule has 0 aromatic carbocycles. The highest BCUT2D eigenvalue weighted by Crippen LogP contribution is 2.46. The van der Waals surface area contributed by atoms with Crippen molar-refractivity contribution in [3.8, 4) is 0 Å². The number of aliphatic hydroxyl groups excluding tert-OH is 16. The second kappa shape index (κ2) is 69.9. The highest BCUT2D eigenvalue weighted by atomic mass is 32.2. The summed E-state index contributed by atoms with van der Waals surface area (Å²) >= 11 is 11.5. The topological polar surface area (TPSA) is 663 Å². The summed E-state index contributed by atoms with van der Waals surface area (Å²) in [6, 6.07) is -0.173. The highest BCUT2D eigenvalue weighted by molar-refractivity contribution is 8.02. The summed E-state index contributed by atoms with van der Waals surface area (Å²) in [5, 5.41) is 218. The molecule has 4 heterocycles. The van der Waals surface area contributed by atoms with Gasteiger partial charge in [-0.1, -0.05) is 49.9 Å². The number of aliphatic carboxylic acids is 4. The molecule has 0 aromatic rings. The van der Waals surface area contributed by atoms with Crippen LogP contribution < -0.4 is 21.3 Å². The van der Waals surface area contributed by atoms with E-state index in [-0.39, 0.29) is 0 Å². The van der Waals surface area contributed by atoms with Gasteiger partial charge in [0.15, 0.2) is 0 Å². The number of ether oxygens (including phenoxy) is 8. The van der Waals surface area contributed by atoms with Gasteiger partial charge in [-0.3, -0.25) is 19.2 Å². The lowest BCUT2D eigenvalue weighted by molar-refractivity contribution is -0.205. The van der Waals surface area contributed by atoms with Crippen molar-refractivity contribution in [2.45, 2.75) is 348 Å². The fourth-order valence-electron chi connectivity index (χ4n) is 16.8. The van der Waals surface area contributed by atoms with Gasteiger partial charge in [0.2, 0.25) is 43.4 Å². The van der Waals surface area contributed by atoms with E-state index in [9.17, 15) is 140 Å². The number of carbonyl (C=O) groups is 8. The lowest BCUT2D eigenvalue weighted by Crippen LogP contribution is -2.66. The van der Waals surface area contributed by atoms with E-state index in [0.717, 1.165) is 144 Å². The predicted molar refractivity (Wildman–Crippen MR) is 530 cm³/mol. The van der Waals surface area contributed by atoms with Crippen LogP contribution in [-0.2, 0) is 76.3 Å². The Morgan fingerprint density at radius 3 is 0.650 bits per heavy atom. The average Bonchev–Trinajstić information content (AvgIpc) is 0.783. The van der Waals surface area contributed by atoms with Crippen molar-refractivity contribution in [2.24, 2.45) is 0 Å². The summed E-state index contributed by atoms with van der Waals surface area (Å²) in [7, 11) is -1.89. The number of aliphatic hydroxyl groups is 16. The van der Waals surface area contributed by atoms with Crippen molar-refractivity contribution in [1.29, 1.82) is 0 Å². The zero-order chi connectivity index (χ0) is 102. The molecular formula is C88H160N4O36S8Si. The van der Waals surface area contributed by atoms with Crippen LogP contribution >= 0.6 is 94.1 Å². The molecule has 0 aliphatic carbocycles. The molecule has 4 amide bonds. The number of carboxylic acid groups (broad SMARTS) is 4. The number of amides is 4. The molecule has 4 rings (SSSR count). The van der Waals surface area contributed by atoms with Crippen LogP contribution in [-0.4, -0.2) is 448 Å². The van der Waals surface area contributed by atoms with Crippen LogP contribution in [0.3, 0.4) is 0 Å². The second-order valence-electron chi connectivity index (χ2n) is 35.4. The highest BCUT2D eigenvalue weighted by Gasteiger charge is 2.60. The Hall–Kier alpha value is -2.18. The SMILES string of the molecule is CC(=O)N[C@@H]1[C@@H]([C@H](O)[C@H](O)CO)O[C@](SCCCCCOCCCSCCC[Si](CCCSCCCOCCCCCS[C@@]2(C(=O)O)C[C@@H](O)[C@H](NC(C)=O)[C@@H]([C@H](O)[C@H](O)CO)O2)(CCCSCCCOCCCCCS[C@@]2(C(=O)O)C[C@@H](O)[C@H](NC(C)=O)[C@@H]([C@H](O)[C@H](O)CO)O2)CCCSCCCOCCCCCS[C@@]2(C(=O)O)C[C@@H](O)[C@H](NC(C)=O)[C@@H]([C@H](O)[C@H](O)CO)O2)(C(=O)O)C[C@H]1O. The molecule has 4 aliphatic heterocycles. The maximum absolute atomic E-state index is 12.7. The Morgan fingerprint density at radius 1 is 0.292 bits per heavy atom. The monoisotopic (exact) mass is 2130 g/mol. The standard InChI is InChI=1S/C88H160N4O36S8Si/c1-57(97)89-69-61(101)49-85(81(113)114,125-77(69)73(109)65(105)53-93)133-41-13-5-9-25-121-29-17-33-129-37-21-45-137(46-22-38-130-34-18-30-122-26-10-6-14-42-134-86(82(115)116)50-62(102)70(90-58(2)98)78(126-86)74(110)66(106)54-94,47-23-39-131-35-19-31-123-27-11-7-15-43-135-87(83(117)118)51-63(103)71(91-59(3)99)79(127-87)75(111)67(107)55-95)48-24-40-132-36-20-32-124-28-12-8-16-44-136-88(84(119)120)52-64(104)72(92-60(4)100)80(128-88)76(112)68(108)56-96/h61-80,93-96,101-112H,5-56H2,1-4H3,(H,89,97)(H,90,98)(H,91,99)(H,92,100)(H,113,114)(H,115,116)(H,117,118)(H,119,120)/t61-,62-,63-,64-,65-,66-,67-,68-,69+,70+,71+,72+,73-,74-,75-,76-,77+,78+,79+,80+,85-,86-,87-,88-/m1/s1. The summed E-state index contributed by atoms with van der Waals surface area (Å²) in [5.41, 5.74) is 0. The molecule has 40 nitrogen and oxygen atoms in total. The molecule has 24 N–H and O–H groups in total. The summed E-state index contributed by atoms with van der Waals surface area (Å²) in [4.78, 5) is 90.7. The van der Waals surface area contributed by atoms with Crippen molar-refractivity contribution in [3.63, 3.8) is 0 Å². The van der Waals surface area contributed by atoms with Gasteiger partial charge in [0, 0.05) is 106 Å². The third-order valence-corrected chi connectivity index (χ3v) is 40.0. The number of hydrogen-bond acceptors (Lipinski definition) is 40. The van der Waals surface area contributed by atoms with Gasteiger partial charge in [-0.05, 0) is 172 Å². The molecule has 4 fully saturated rings. The lowest BCUT2D eigenvalue weighted by Gasteiger charge is -2.46. The summed E-state index contributed by atoms with van der Waals surface area (Å²) in [6.45, 7) is 5.56. The zero-order valence-electron chi connectivity index (χ0n) is 79.6. The van der Waals surface area contributed by atoms with Gasteiger partial charge in [0.1, 0.15) is 73.2 Å². The van der Waals surface area contributed by atoms with Gasteiger partial charge < -0.3 is 161 Å². The molecular weight excluding hydrogens is 1970 g/mol. The Morgan fingerprint density at radius 2 is 0.474 bits per heavy atom. The van der Waals surface area contributed by atoms with E-state index < -0.39 is 249 Å². The summed E-state index contributed by atoms with van der Waals surface area (Å²) < 4.78 is 47.8. The molecule has 0 spiro atoms. The first kappa shape index (κ1) is 127. The van der Waals surface area contributed by atoms with Gasteiger partial charge in [-0.2, -0.15) is 47.0 Å². The Labute approximate surface area is 839 Å². The minimum atomic E-state index is -1.99. The number of thioether (sulfide) groups is 8. The van der Waals surface area contributed by atoms with E-state index in [1.165, 1.54) is 51.9 Å². The normalized spacial score (nSPS) is 27.1.